The van der Waals surface area contributed by atoms with Gasteiger partial charge in [-0.25, -0.2) is 4.39 Å². The van der Waals surface area contributed by atoms with Crippen LogP contribution < -0.4 is 10.1 Å². The average Bonchev–Trinajstić information content (AvgIpc) is 3.13. The summed E-state index contributed by atoms with van der Waals surface area (Å²) in [6.07, 6.45) is 1.04. The molecule has 1 amide bonds. The molecule has 0 saturated heterocycles. The van der Waals surface area contributed by atoms with Crippen LogP contribution in [0, 0.1) is 5.82 Å². The molecule has 2 aromatic rings. The van der Waals surface area contributed by atoms with Crippen LogP contribution in [0.25, 0.3) is 0 Å². The van der Waals surface area contributed by atoms with Crippen LogP contribution in [-0.4, -0.2) is 23.7 Å². The van der Waals surface area contributed by atoms with E-state index in [2.05, 4.69) is 5.32 Å². The minimum atomic E-state index is -1.31. The molecule has 0 bridgehead atoms. The first-order chi connectivity index (χ1) is 10.5. The Bertz CT molecular complexity index is 681. The fourth-order valence-electron chi connectivity index (χ4n) is 2.41. The number of ether oxygens (including phenoxy) is 1. The molecule has 1 aliphatic rings. The van der Waals surface area contributed by atoms with Crippen LogP contribution in [-0.2, 0) is 16.8 Å². The maximum atomic E-state index is 13.2. The predicted molar refractivity (Wildman–Crippen MR) is 75.8 cm³/mol. The number of hydrogen-bond donors (Lipinski definition) is 2. The molecule has 0 aliphatic carbocycles. The van der Waals surface area contributed by atoms with E-state index in [-0.39, 0.29) is 18.3 Å². The summed E-state index contributed by atoms with van der Waals surface area (Å²) in [5, 5.41) is 12.9. The molecule has 0 fully saturated rings. The summed E-state index contributed by atoms with van der Waals surface area (Å²) in [5.41, 5.74) is -0.644. The quantitative estimate of drug-likeness (QED) is 0.902. The number of halogens is 1. The molecular weight excluding hydrogens is 289 g/mol. The Labute approximate surface area is 126 Å². The molecule has 2 heterocycles. The van der Waals surface area contributed by atoms with Gasteiger partial charge in [-0.1, -0.05) is 0 Å². The van der Waals surface area contributed by atoms with Gasteiger partial charge in [0.15, 0.2) is 6.10 Å². The molecule has 1 aromatic carbocycles. The van der Waals surface area contributed by atoms with Crippen molar-refractivity contribution >= 4 is 5.91 Å². The smallest absolute Gasteiger partial charge is 0.261 e. The van der Waals surface area contributed by atoms with Gasteiger partial charge in [-0.15, -0.1) is 0 Å². The van der Waals surface area contributed by atoms with Gasteiger partial charge in [0, 0.05) is 12.0 Å². The lowest BCUT2D eigenvalue weighted by Gasteiger charge is -2.22. The lowest BCUT2D eigenvalue weighted by Crippen LogP contribution is -2.44. The van der Waals surface area contributed by atoms with E-state index in [9.17, 15) is 14.3 Å². The van der Waals surface area contributed by atoms with Crippen molar-refractivity contribution in [3.63, 3.8) is 0 Å². The normalized spacial score (nSPS) is 19.1. The monoisotopic (exact) mass is 305 g/mol. The van der Waals surface area contributed by atoms with E-state index in [0.717, 1.165) is 0 Å². The summed E-state index contributed by atoms with van der Waals surface area (Å²) in [7, 11) is 0. The van der Waals surface area contributed by atoms with Crippen molar-refractivity contribution in [3.8, 4) is 5.75 Å². The number of carbonyl (C=O) groups excluding carboxylic acids is 1. The molecular formula is C16H16FNO4. The zero-order chi connectivity index (χ0) is 15.7. The van der Waals surface area contributed by atoms with Crippen LogP contribution in [0.4, 0.5) is 4.39 Å². The largest absolute Gasteiger partial charge is 0.480 e. The molecule has 0 saturated carbocycles. The van der Waals surface area contributed by atoms with Gasteiger partial charge in [0.1, 0.15) is 22.9 Å². The highest BCUT2D eigenvalue weighted by Gasteiger charge is 2.32. The molecule has 1 aromatic heterocycles. The number of furan rings is 1. The SMILES string of the molecule is CC(O)(CNC(=O)C1Cc2cc(F)ccc2O1)c1ccco1. The Balaban J connectivity index is 1.60. The van der Waals surface area contributed by atoms with Gasteiger partial charge in [0.25, 0.3) is 5.91 Å². The summed E-state index contributed by atoms with van der Waals surface area (Å²) >= 11 is 0. The summed E-state index contributed by atoms with van der Waals surface area (Å²) in [6, 6.07) is 7.47. The topological polar surface area (TPSA) is 71.7 Å². The first-order valence-electron chi connectivity index (χ1n) is 6.95. The van der Waals surface area contributed by atoms with Crippen LogP contribution in [0.1, 0.15) is 18.2 Å². The Morgan fingerprint density at radius 1 is 1.50 bits per heavy atom. The molecule has 0 radical (unpaired) electrons. The number of rotatable bonds is 4. The number of fused-ring (bicyclic) bond motifs is 1. The van der Waals surface area contributed by atoms with Crippen LogP contribution >= 0.6 is 0 Å². The lowest BCUT2D eigenvalue weighted by atomic mass is 10.0. The lowest BCUT2D eigenvalue weighted by molar-refractivity contribution is -0.128. The molecule has 2 N–H and O–H groups in total. The summed E-state index contributed by atoms with van der Waals surface area (Å²) in [6.45, 7) is 1.54. The van der Waals surface area contributed by atoms with Crippen molar-refractivity contribution in [2.45, 2.75) is 25.0 Å². The Morgan fingerprint density at radius 2 is 2.32 bits per heavy atom. The van der Waals surface area contributed by atoms with E-state index < -0.39 is 11.7 Å². The number of aliphatic hydroxyl groups is 1. The Kier molecular flexibility index (Phi) is 3.62. The molecule has 116 valence electrons. The summed E-state index contributed by atoms with van der Waals surface area (Å²) in [4.78, 5) is 12.1. The van der Waals surface area contributed by atoms with Crippen molar-refractivity contribution < 1.29 is 23.4 Å². The van der Waals surface area contributed by atoms with Gasteiger partial charge in [-0.3, -0.25) is 4.79 Å². The van der Waals surface area contributed by atoms with Gasteiger partial charge >= 0.3 is 0 Å². The van der Waals surface area contributed by atoms with Crippen LogP contribution in [0.3, 0.4) is 0 Å². The second-order valence-corrected chi connectivity index (χ2v) is 5.53. The second kappa shape index (κ2) is 5.46. The van der Waals surface area contributed by atoms with E-state index in [0.29, 0.717) is 23.5 Å². The number of benzene rings is 1. The Morgan fingerprint density at radius 3 is 3.05 bits per heavy atom. The van der Waals surface area contributed by atoms with Gasteiger partial charge in [-0.2, -0.15) is 0 Å². The van der Waals surface area contributed by atoms with Gasteiger partial charge in [0.2, 0.25) is 0 Å². The van der Waals surface area contributed by atoms with Crippen molar-refractivity contribution in [2.24, 2.45) is 0 Å². The predicted octanol–water partition coefficient (Wildman–Crippen LogP) is 1.75. The number of nitrogens with one attached hydrogen (secondary N) is 1. The van der Waals surface area contributed by atoms with Crippen molar-refractivity contribution in [3.05, 3.63) is 53.7 Å². The van der Waals surface area contributed by atoms with Crippen LogP contribution in [0.2, 0.25) is 0 Å². The third kappa shape index (κ3) is 2.82. The average molecular weight is 305 g/mol. The van der Waals surface area contributed by atoms with E-state index in [1.165, 1.54) is 24.5 Å². The summed E-state index contributed by atoms with van der Waals surface area (Å²) < 4.78 is 23.8. The zero-order valence-electron chi connectivity index (χ0n) is 12.0. The maximum absolute atomic E-state index is 13.2. The van der Waals surface area contributed by atoms with E-state index in [1.807, 2.05) is 0 Å². The molecule has 2 atom stereocenters. The van der Waals surface area contributed by atoms with E-state index in [4.69, 9.17) is 9.15 Å². The molecule has 1 aliphatic heterocycles. The molecule has 5 nitrogen and oxygen atoms in total. The standard InChI is InChI=1S/C16H16FNO4/c1-16(20,14-3-2-6-21-14)9-18-15(19)13-8-10-7-11(17)4-5-12(10)22-13/h2-7,13,20H,8-9H2,1H3,(H,18,19). The van der Waals surface area contributed by atoms with Crippen LogP contribution in [0.5, 0.6) is 5.75 Å². The van der Waals surface area contributed by atoms with Crippen molar-refractivity contribution in [1.82, 2.24) is 5.32 Å². The minimum absolute atomic E-state index is 0.0100. The Hall–Kier alpha value is -2.34. The highest BCUT2D eigenvalue weighted by atomic mass is 19.1. The number of hydrogen-bond acceptors (Lipinski definition) is 4. The first-order valence-corrected chi connectivity index (χ1v) is 6.95. The van der Waals surface area contributed by atoms with E-state index in [1.54, 1.807) is 19.1 Å². The molecule has 22 heavy (non-hydrogen) atoms. The molecule has 3 rings (SSSR count). The highest BCUT2D eigenvalue weighted by molar-refractivity contribution is 5.82. The van der Waals surface area contributed by atoms with Gasteiger partial charge in [-0.05, 0) is 37.3 Å². The maximum Gasteiger partial charge on any atom is 0.261 e. The summed E-state index contributed by atoms with van der Waals surface area (Å²) in [5.74, 6) is 0.164. The molecule has 6 heteroatoms. The third-order valence-electron chi connectivity index (χ3n) is 3.65. The first kappa shape index (κ1) is 14.6. The van der Waals surface area contributed by atoms with Crippen LogP contribution in [0.15, 0.2) is 41.0 Å². The fraction of sp³-hybridized carbons (Fsp3) is 0.312. The van der Waals surface area contributed by atoms with Gasteiger partial charge in [0.05, 0.1) is 12.8 Å². The fourth-order valence-corrected chi connectivity index (χ4v) is 2.41. The number of carbonyl (C=O) groups is 1. The van der Waals surface area contributed by atoms with Gasteiger partial charge < -0.3 is 19.6 Å². The molecule has 0 spiro atoms. The zero-order valence-corrected chi connectivity index (χ0v) is 12.0. The third-order valence-corrected chi connectivity index (χ3v) is 3.65. The van der Waals surface area contributed by atoms with Crippen molar-refractivity contribution in [1.29, 1.82) is 0 Å². The minimum Gasteiger partial charge on any atom is -0.480 e. The van der Waals surface area contributed by atoms with Crippen molar-refractivity contribution in [2.75, 3.05) is 6.54 Å². The second-order valence-electron chi connectivity index (χ2n) is 5.53. The highest BCUT2D eigenvalue weighted by Crippen LogP contribution is 2.29. The van der Waals surface area contributed by atoms with E-state index >= 15 is 0 Å². The number of amides is 1. The molecule has 2 unspecified atom stereocenters.